The van der Waals surface area contributed by atoms with E-state index in [1.54, 1.807) is 0 Å². The zero-order valence-corrected chi connectivity index (χ0v) is 4.89. The van der Waals surface area contributed by atoms with Crippen LogP contribution in [0.1, 0.15) is 0 Å². The second-order valence-electron chi connectivity index (χ2n) is 1.45. The Bertz CT molecular complexity index is 126. The van der Waals surface area contributed by atoms with Crippen molar-refractivity contribution in [3.8, 4) is 0 Å². The van der Waals surface area contributed by atoms with Crippen LogP contribution >= 0.6 is 0 Å². The molecule has 0 aliphatic rings. The van der Waals surface area contributed by atoms with Gasteiger partial charge >= 0.3 is 0 Å². The Morgan fingerprint density at radius 1 is 1.56 bits per heavy atom. The lowest BCUT2D eigenvalue weighted by molar-refractivity contribution is -0.121. The van der Waals surface area contributed by atoms with Gasteiger partial charge in [-0.2, -0.15) is 0 Å². The SMILES string of the molecule is [B]C(=O)CNC(=O)CN. The first-order chi connectivity index (χ1) is 4.16. The Morgan fingerprint density at radius 3 is 2.44 bits per heavy atom. The minimum Gasteiger partial charge on any atom is -0.349 e. The summed E-state index contributed by atoms with van der Waals surface area (Å²) in [6.45, 7) is -0.261. The fourth-order valence-corrected chi connectivity index (χ4v) is 0.258. The summed E-state index contributed by atoms with van der Waals surface area (Å²) in [5, 5.41) is 2.19. The van der Waals surface area contributed by atoms with E-state index in [9.17, 15) is 9.59 Å². The van der Waals surface area contributed by atoms with Gasteiger partial charge in [-0.15, -0.1) is 0 Å². The summed E-state index contributed by atoms with van der Waals surface area (Å²) in [5.74, 6) is -0.381. The lowest BCUT2D eigenvalue weighted by atomic mass is 10.0. The Labute approximate surface area is 54.2 Å². The topological polar surface area (TPSA) is 72.2 Å². The number of amides is 1. The van der Waals surface area contributed by atoms with E-state index in [1.807, 2.05) is 0 Å². The van der Waals surface area contributed by atoms with Crippen molar-refractivity contribution in [3.05, 3.63) is 0 Å². The van der Waals surface area contributed by atoms with Gasteiger partial charge in [0.05, 0.1) is 18.8 Å². The van der Waals surface area contributed by atoms with Gasteiger partial charge in [-0.25, -0.2) is 0 Å². The minimum atomic E-state index is -0.572. The molecule has 0 aromatic carbocycles. The average Bonchev–Trinajstić information content (AvgIpc) is 1.83. The van der Waals surface area contributed by atoms with E-state index in [0.29, 0.717) is 0 Å². The van der Waals surface area contributed by atoms with Crippen molar-refractivity contribution < 1.29 is 9.59 Å². The molecular formula is C4H7BN2O2. The van der Waals surface area contributed by atoms with E-state index in [-0.39, 0.29) is 19.0 Å². The summed E-state index contributed by atoms with van der Waals surface area (Å²) < 4.78 is 0. The van der Waals surface area contributed by atoms with Crippen LogP contribution in [0.15, 0.2) is 0 Å². The van der Waals surface area contributed by atoms with Gasteiger partial charge in [0.1, 0.15) is 0 Å². The van der Waals surface area contributed by atoms with E-state index < -0.39 is 5.68 Å². The Hall–Kier alpha value is -0.835. The Kier molecular flexibility index (Phi) is 3.71. The standard InChI is InChI=1S/C4H7BN2O2/c5-3(8)2-7-4(9)1-6/h1-2,6H2,(H,7,9). The third kappa shape index (κ3) is 5.03. The summed E-state index contributed by atoms with van der Waals surface area (Å²) in [5.41, 5.74) is 4.32. The number of hydrogen-bond acceptors (Lipinski definition) is 3. The van der Waals surface area contributed by atoms with Crippen LogP contribution in [0.5, 0.6) is 0 Å². The zero-order valence-electron chi connectivity index (χ0n) is 4.89. The summed E-state index contributed by atoms with van der Waals surface area (Å²) in [7, 11) is 4.70. The van der Waals surface area contributed by atoms with Crippen molar-refractivity contribution in [1.82, 2.24) is 5.32 Å². The third-order valence-corrected chi connectivity index (χ3v) is 0.645. The zero-order chi connectivity index (χ0) is 7.28. The largest absolute Gasteiger partial charge is 0.349 e. The molecule has 5 heteroatoms. The molecule has 0 aliphatic carbocycles. The predicted molar refractivity (Wildman–Crippen MR) is 32.8 cm³/mol. The van der Waals surface area contributed by atoms with Gasteiger partial charge in [0.25, 0.3) is 0 Å². The maximum atomic E-state index is 10.3. The van der Waals surface area contributed by atoms with E-state index >= 15 is 0 Å². The van der Waals surface area contributed by atoms with Gasteiger partial charge in [-0.05, 0) is 0 Å². The van der Waals surface area contributed by atoms with Gasteiger partial charge in [0.15, 0.2) is 7.85 Å². The minimum absolute atomic E-state index is 0.118. The van der Waals surface area contributed by atoms with Crippen molar-refractivity contribution >= 4 is 19.4 Å². The highest BCUT2D eigenvalue weighted by molar-refractivity contribution is 6.58. The van der Waals surface area contributed by atoms with Crippen molar-refractivity contribution in [2.75, 3.05) is 13.1 Å². The van der Waals surface area contributed by atoms with Gasteiger partial charge < -0.3 is 15.8 Å². The average molecular weight is 126 g/mol. The highest BCUT2D eigenvalue weighted by Crippen LogP contribution is 1.60. The number of hydrogen-bond donors (Lipinski definition) is 2. The monoisotopic (exact) mass is 126 g/mol. The molecule has 0 aliphatic heterocycles. The summed E-state index contributed by atoms with van der Waals surface area (Å²) in [6, 6.07) is 0. The fraction of sp³-hybridized carbons (Fsp3) is 0.500. The summed E-state index contributed by atoms with van der Waals surface area (Å²) in [4.78, 5) is 20.3. The molecule has 1 amide bonds. The van der Waals surface area contributed by atoms with Gasteiger partial charge in [-0.3, -0.25) is 4.79 Å². The molecule has 0 bridgehead atoms. The van der Waals surface area contributed by atoms with Gasteiger partial charge in [0.2, 0.25) is 5.91 Å². The van der Waals surface area contributed by atoms with Crippen LogP contribution in [0, 0.1) is 0 Å². The smallest absolute Gasteiger partial charge is 0.234 e. The van der Waals surface area contributed by atoms with Crippen molar-refractivity contribution in [2.24, 2.45) is 5.73 Å². The molecule has 3 N–H and O–H groups in total. The van der Waals surface area contributed by atoms with Crippen LogP contribution in [-0.2, 0) is 9.59 Å². The lowest BCUT2D eigenvalue weighted by Gasteiger charge is -1.97. The van der Waals surface area contributed by atoms with Crippen LogP contribution in [0.3, 0.4) is 0 Å². The molecule has 0 fully saturated rings. The Balaban J connectivity index is 3.28. The van der Waals surface area contributed by atoms with E-state index in [0.717, 1.165) is 0 Å². The van der Waals surface area contributed by atoms with Crippen LogP contribution in [0.4, 0.5) is 0 Å². The number of carbonyl (C=O) groups is 2. The van der Waals surface area contributed by atoms with E-state index in [4.69, 9.17) is 13.6 Å². The summed E-state index contributed by atoms with van der Waals surface area (Å²) >= 11 is 0. The molecule has 2 radical (unpaired) electrons. The predicted octanol–water partition coefficient (Wildman–Crippen LogP) is -2.24. The maximum absolute atomic E-state index is 10.3. The van der Waals surface area contributed by atoms with Crippen molar-refractivity contribution in [1.29, 1.82) is 0 Å². The van der Waals surface area contributed by atoms with Gasteiger partial charge in [0, 0.05) is 0 Å². The highest BCUT2D eigenvalue weighted by atomic mass is 16.2. The van der Waals surface area contributed by atoms with Crippen LogP contribution in [-0.4, -0.2) is 32.5 Å². The van der Waals surface area contributed by atoms with Crippen molar-refractivity contribution in [2.45, 2.75) is 0 Å². The van der Waals surface area contributed by atoms with E-state index in [2.05, 4.69) is 5.32 Å². The first-order valence-corrected chi connectivity index (χ1v) is 2.42. The van der Waals surface area contributed by atoms with E-state index in [1.165, 1.54) is 0 Å². The molecule has 0 spiro atoms. The quantitative estimate of drug-likeness (QED) is 0.420. The normalized spacial score (nSPS) is 8.56. The molecule has 0 aromatic heterocycles. The first-order valence-electron chi connectivity index (χ1n) is 2.42. The molecule has 0 heterocycles. The highest BCUT2D eigenvalue weighted by Gasteiger charge is 1.96. The molecule has 0 rings (SSSR count). The molecule has 4 nitrogen and oxygen atoms in total. The summed E-state index contributed by atoms with van der Waals surface area (Å²) in [6.07, 6.45) is 0. The van der Waals surface area contributed by atoms with Crippen LogP contribution in [0.2, 0.25) is 0 Å². The first kappa shape index (κ1) is 8.16. The number of rotatable bonds is 3. The molecule has 0 aromatic rings. The molecule has 0 saturated carbocycles. The number of nitrogens with one attached hydrogen (secondary N) is 1. The lowest BCUT2D eigenvalue weighted by Crippen LogP contribution is -2.34. The Morgan fingerprint density at radius 2 is 2.11 bits per heavy atom. The van der Waals surface area contributed by atoms with Crippen molar-refractivity contribution in [3.63, 3.8) is 0 Å². The molecule has 48 valence electrons. The molecule has 0 saturated heterocycles. The number of carbonyl (C=O) groups excluding carboxylic acids is 2. The van der Waals surface area contributed by atoms with Crippen LogP contribution < -0.4 is 11.1 Å². The molecule has 0 unspecified atom stereocenters. The maximum Gasteiger partial charge on any atom is 0.234 e. The molecule has 0 atom stereocenters. The number of nitrogens with two attached hydrogens (primary N) is 1. The molecular weight excluding hydrogens is 119 g/mol. The second-order valence-corrected chi connectivity index (χ2v) is 1.45. The third-order valence-electron chi connectivity index (χ3n) is 0.645. The molecule has 9 heavy (non-hydrogen) atoms. The van der Waals surface area contributed by atoms with Gasteiger partial charge in [-0.1, -0.05) is 0 Å². The fourth-order valence-electron chi connectivity index (χ4n) is 0.258. The van der Waals surface area contributed by atoms with Crippen LogP contribution in [0.25, 0.3) is 0 Å². The second kappa shape index (κ2) is 4.08.